The van der Waals surface area contributed by atoms with Crippen molar-refractivity contribution in [3.05, 3.63) is 23.8 Å². The molecule has 0 unspecified atom stereocenters. The summed E-state index contributed by atoms with van der Waals surface area (Å²) in [6.45, 7) is 4.19. The number of carbonyl (C=O) groups is 4. The first-order valence-corrected chi connectivity index (χ1v) is 13.2. The Morgan fingerprint density at radius 3 is 1.63 bits per heavy atom. The minimum Gasteiger partial charge on any atom is -0.466 e. The summed E-state index contributed by atoms with van der Waals surface area (Å²) >= 11 is 0. The maximum atomic E-state index is 12.8. The molecule has 0 amide bonds. The van der Waals surface area contributed by atoms with Gasteiger partial charge in [0.1, 0.15) is 11.5 Å². The van der Waals surface area contributed by atoms with Crippen molar-refractivity contribution in [3.63, 3.8) is 0 Å². The Morgan fingerprint density at radius 2 is 1.18 bits per heavy atom. The number of carbonyl (C=O) groups excluding carboxylic acids is 4. The van der Waals surface area contributed by atoms with Gasteiger partial charge in [-0.25, -0.2) is 0 Å². The van der Waals surface area contributed by atoms with Crippen LogP contribution in [0.5, 0.6) is 11.5 Å². The largest absolute Gasteiger partial charge is 0.466 e. The summed E-state index contributed by atoms with van der Waals surface area (Å²) < 4.78 is 21.3. The van der Waals surface area contributed by atoms with E-state index in [4.69, 9.17) is 24.2 Å². The first kappa shape index (κ1) is 28.7. The third-order valence-corrected chi connectivity index (χ3v) is 6.99. The molecule has 0 aliphatic heterocycles. The normalized spacial score (nSPS) is 22.6. The van der Waals surface area contributed by atoms with Crippen molar-refractivity contribution >= 4 is 23.9 Å². The number of hydrogen-bond acceptors (Lipinski definition) is 9. The maximum Gasteiger partial charge on any atom is 0.314 e. The molecule has 2 saturated carbocycles. The lowest BCUT2D eigenvalue weighted by Crippen LogP contribution is -2.29. The lowest BCUT2D eigenvalue weighted by atomic mass is 9.82. The van der Waals surface area contributed by atoms with Gasteiger partial charge in [-0.3, -0.25) is 19.2 Å². The Bertz CT molecular complexity index is 1130. The van der Waals surface area contributed by atoms with Crippen LogP contribution in [-0.2, 0) is 28.7 Å². The van der Waals surface area contributed by atoms with E-state index in [0.717, 1.165) is 0 Å². The predicted molar refractivity (Wildman–Crippen MR) is 134 cm³/mol. The maximum absolute atomic E-state index is 12.8. The Kier molecular flexibility index (Phi) is 10.7. The summed E-state index contributed by atoms with van der Waals surface area (Å²) in [6.07, 6.45) is 4.30. The smallest absolute Gasteiger partial charge is 0.314 e. The van der Waals surface area contributed by atoms with E-state index in [2.05, 4.69) is 11.8 Å². The minimum absolute atomic E-state index is 0.167. The molecule has 0 radical (unpaired) electrons. The summed E-state index contributed by atoms with van der Waals surface area (Å²) in [5, 5.41) is 8.90. The first-order chi connectivity index (χ1) is 18.4. The van der Waals surface area contributed by atoms with Gasteiger partial charge in [0.05, 0.1) is 42.4 Å². The molecular weight excluding hydrogens is 490 g/mol. The van der Waals surface area contributed by atoms with Crippen molar-refractivity contribution in [2.75, 3.05) is 13.2 Å². The van der Waals surface area contributed by atoms with E-state index in [1.807, 2.05) is 0 Å². The number of hydrogen-bond donors (Lipinski definition) is 0. The SMILES string of the molecule is CCOC(=O)C1CCC(C(=O)Oc2ccc(OC(=O)C3CCC(C(=O)OCC)CC3)c(C#CC#N)c2)CC1. The lowest BCUT2D eigenvalue weighted by molar-refractivity contribution is -0.151. The van der Waals surface area contributed by atoms with Gasteiger partial charge in [-0.15, -0.1) is 0 Å². The minimum atomic E-state index is -0.435. The van der Waals surface area contributed by atoms with Crippen LogP contribution in [0.1, 0.15) is 70.8 Å². The molecule has 0 atom stereocenters. The Hall–Kier alpha value is -3.85. The highest BCUT2D eigenvalue weighted by Crippen LogP contribution is 2.33. The zero-order valence-electron chi connectivity index (χ0n) is 21.8. The average molecular weight is 524 g/mol. The highest BCUT2D eigenvalue weighted by atomic mass is 16.5. The van der Waals surface area contributed by atoms with Crippen LogP contribution in [0, 0.1) is 46.8 Å². The molecule has 38 heavy (non-hydrogen) atoms. The molecule has 2 fully saturated rings. The number of benzene rings is 1. The van der Waals surface area contributed by atoms with E-state index >= 15 is 0 Å². The molecule has 202 valence electrons. The monoisotopic (exact) mass is 523 g/mol. The van der Waals surface area contributed by atoms with E-state index in [9.17, 15) is 19.2 Å². The molecular formula is C29H33NO8. The summed E-state index contributed by atoms with van der Waals surface area (Å²) in [6, 6.07) is 6.20. The van der Waals surface area contributed by atoms with Crippen LogP contribution in [0.4, 0.5) is 0 Å². The van der Waals surface area contributed by atoms with Gasteiger partial charge in [0, 0.05) is 12.0 Å². The quantitative estimate of drug-likeness (QED) is 0.281. The van der Waals surface area contributed by atoms with Crippen LogP contribution >= 0.6 is 0 Å². The summed E-state index contributed by atoms with van der Waals surface area (Å²) in [5.41, 5.74) is 0.247. The Morgan fingerprint density at radius 1 is 0.737 bits per heavy atom. The molecule has 2 aliphatic carbocycles. The molecule has 0 heterocycles. The van der Waals surface area contributed by atoms with Crippen molar-refractivity contribution < 1.29 is 38.1 Å². The number of nitriles is 1. The highest BCUT2D eigenvalue weighted by molar-refractivity contribution is 5.79. The van der Waals surface area contributed by atoms with Crippen molar-refractivity contribution in [2.24, 2.45) is 23.7 Å². The molecule has 0 N–H and O–H groups in total. The predicted octanol–water partition coefficient (Wildman–Crippen LogP) is 4.11. The number of nitrogens with zero attached hydrogens (tertiary/aromatic N) is 1. The molecule has 1 aromatic rings. The van der Waals surface area contributed by atoms with E-state index in [1.165, 1.54) is 18.2 Å². The van der Waals surface area contributed by atoms with E-state index in [0.29, 0.717) is 64.6 Å². The van der Waals surface area contributed by atoms with Gasteiger partial charge in [0.25, 0.3) is 0 Å². The summed E-state index contributed by atoms with van der Waals surface area (Å²) in [5.74, 6) is 2.92. The van der Waals surface area contributed by atoms with Crippen LogP contribution in [0.15, 0.2) is 18.2 Å². The van der Waals surface area contributed by atoms with Gasteiger partial charge in [-0.05, 0) is 83.3 Å². The number of esters is 4. The van der Waals surface area contributed by atoms with Gasteiger partial charge in [-0.2, -0.15) is 5.26 Å². The summed E-state index contributed by atoms with van der Waals surface area (Å²) in [7, 11) is 0. The zero-order chi connectivity index (χ0) is 27.5. The van der Waals surface area contributed by atoms with Crippen LogP contribution < -0.4 is 9.47 Å². The van der Waals surface area contributed by atoms with Gasteiger partial charge in [0.15, 0.2) is 6.07 Å². The van der Waals surface area contributed by atoms with E-state index in [1.54, 1.807) is 19.9 Å². The molecule has 0 spiro atoms. The molecule has 2 aliphatic rings. The second-order valence-electron chi connectivity index (χ2n) is 9.46. The van der Waals surface area contributed by atoms with Crippen molar-refractivity contribution in [1.29, 1.82) is 5.26 Å². The van der Waals surface area contributed by atoms with Crippen LogP contribution in [0.2, 0.25) is 0 Å². The lowest BCUT2D eigenvalue weighted by Gasteiger charge is -2.26. The topological polar surface area (TPSA) is 129 Å². The summed E-state index contributed by atoms with van der Waals surface area (Å²) in [4.78, 5) is 49.4. The Balaban J connectivity index is 1.60. The van der Waals surface area contributed by atoms with Crippen LogP contribution in [-0.4, -0.2) is 37.1 Å². The van der Waals surface area contributed by atoms with Crippen molar-refractivity contribution in [2.45, 2.75) is 65.2 Å². The van der Waals surface area contributed by atoms with Crippen LogP contribution in [0.25, 0.3) is 0 Å². The average Bonchev–Trinajstić information content (AvgIpc) is 2.93. The second-order valence-corrected chi connectivity index (χ2v) is 9.46. The molecule has 0 bridgehead atoms. The fourth-order valence-electron chi connectivity index (χ4n) is 4.90. The van der Waals surface area contributed by atoms with Crippen LogP contribution in [0.3, 0.4) is 0 Å². The van der Waals surface area contributed by atoms with E-state index < -0.39 is 11.9 Å². The number of ether oxygens (including phenoxy) is 4. The van der Waals surface area contributed by atoms with E-state index in [-0.39, 0.29) is 52.7 Å². The highest BCUT2D eigenvalue weighted by Gasteiger charge is 2.33. The first-order valence-electron chi connectivity index (χ1n) is 13.2. The Labute approximate surface area is 222 Å². The fourth-order valence-corrected chi connectivity index (χ4v) is 4.90. The third-order valence-electron chi connectivity index (χ3n) is 6.99. The van der Waals surface area contributed by atoms with Gasteiger partial charge in [-0.1, -0.05) is 0 Å². The van der Waals surface area contributed by atoms with Crippen molar-refractivity contribution in [3.8, 4) is 29.4 Å². The molecule has 0 aromatic heterocycles. The fraction of sp³-hybridized carbons (Fsp3) is 0.552. The number of rotatable bonds is 8. The van der Waals surface area contributed by atoms with Gasteiger partial charge >= 0.3 is 23.9 Å². The molecule has 1 aromatic carbocycles. The second kappa shape index (κ2) is 14.2. The zero-order valence-corrected chi connectivity index (χ0v) is 21.8. The molecule has 9 heteroatoms. The van der Waals surface area contributed by atoms with Gasteiger partial charge < -0.3 is 18.9 Å². The molecule has 9 nitrogen and oxygen atoms in total. The third kappa shape index (κ3) is 7.82. The molecule has 3 rings (SSSR count). The molecule has 0 saturated heterocycles. The van der Waals surface area contributed by atoms with Crippen molar-refractivity contribution in [1.82, 2.24) is 0 Å². The standard InChI is InChI=1S/C29H33NO8/c1-3-35-26(31)19-7-11-21(12-8-19)28(33)37-24-15-16-25(23(18-24)6-5-17-30)38-29(34)22-13-9-20(10-14-22)27(32)36-4-2/h15-16,18-22H,3-4,7-14H2,1-2H3. The van der Waals surface area contributed by atoms with Gasteiger partial charge in [0.2, 0.25) is 0 Å².